The molecule has 4 heterocycles. The van der Waals surface area contributed by atoms with Crippen molar-refractivity contribution in [2.24, 2.45) is 0 Å². The van der Waals surface area contributed by atoms with Gasteiger partial charge >= 0.3 is 0 Å². The summed E-state index contributed by atoms with van der Waals surface area (Å²) in [5, 5.41) is 3.14. The minimum atomic E-state index is 0.616. The molecule has 0 atom stereocenters. The average molecular weight is 736 g/mol. The number of nitrogens with zero attached hydrogens (tertiary/aromatic N) is 5. The van der Waals surface area contributed by atoms with Crippen molar-refractivity contribution < 1.29 is 4.42 Å². The Bertz CT molecular complexity index is 3230. The van der Waals surface area contributed by atoms with Gasteiger partial charge in [-0.3, -0.25) is 0 Å². The maximum Gasteiger partial charge on any atom is 0.180 e. The fourth-order valence-electron chi connectivity index (χ4n) is 7.50. The Kier molecular flexibility index (Phi) is 7.57. The molecule has 0 spiro atoms. The van der Waals surface area contributed by atoms with Gasteiger partial charge in [-0.25, -0.2) is 24.9 Å². The highest BCUT2D eigenvalue weighted by molar-refractivity contribution is 7.26. The van der Waals surface area contributed by atoms with Gasteiger partial charge in [0.2, 0.25) is 0 Å². The molecule has 0 bridgehead atoms. The normalized spacial score (nSPS) is 11.6. The molecule has 7 heteroatoms. The molecule has 0 radical (unpaired) electrons. The molecule has 0 amide bonds. The van der Waals surface area contributed by atoms with Crippen LogP contribution in [0.3, 0.4) is 0 Å². The predicted molar refractivity (Wildman–Crippen MR) is 228 cm³/mol. The van der Waals surface area contributed by atoms with Crippen molar-refractivity contribution >= 4 is 53.6 Å². The Hall–Kier alpha value is -7.35. The summed E-state index contributed by atoms with van der Waals surface area (Å²) in [6, 6.07) is 59.9. The van der Waals surface area contributed by atoms with Crippen molar-refractivity contribution in [2.45, 2.75) is 0 Å². The van der Waals surface area contributed by atoms with E-state index in [1.54, 1.807) is 11.3 Å². The predicted octanol–water partition coefficient (Wildman–Crippen LogP) is 12.9. The molecule has 0 N–H and O–H groups in total. The van der Waals surface area contributed by atoms with Gasteiger partial charge in [0.25, 0.3) is 0 Å². The second kappa shape index (κ2) is 13.2. The Labute approximate surface area is 325 Å². The van der Waals surface area contributed by atoms with Crippen LogP contribution in [-0.2, 0) is 0 Å². The molecule has 0 aliphatic heterocycles. The largest absolute Gasteiger partial charge is 0.452 e. The number of fused-ring (bicyclic) bond motifs is 6. The molecule has 11 rings (SSSR count). The van der Waals surface area contributed by atoms with Gasteiger partial charge in [0.1, 0.15) is 16.8 Å². The molecule has 0 aliphatic rings. The number of para-hydroxylation sites is 1. The lowest BCUT2D eigenvalue weighted by Crippen LogP contribution is -2.00. The number of aromatic nitrogens is 5. The lowest BCUT2D eigenvalue weighted by molar-refractivity contribution is 0.667. The third-order valence-electron chi connectivity index (χ3n) is 10.2. The lowest BCUT2D eigenvalue weighted by atomic mass is 10.0. The number of hydrogen-bond acceptors (Lipinski definition) is 7. The zero-order valence-electron chi connectivity index (χ0n) is 29.8. The van der Waals surface area contributed by atoms with E-state index in [1.165, 1.54) is 0 Å². The van der Waals surface area contributed by atoms with Crippen LogP contribution in [0.1, 0.15) is 0 Å². The first-order valence-corrected chi connectivity index (χ1v) is 19.2. The molecule has 0 aliphatic carbocycles. The van der Waals surface area contributed by atoms with Crippen LogP contribution in [0.2, 0.25) is 0 Å². The molecule has 6 nitrogen and oxygen atoms in total. The standard InChI is InChI=1S/C49H29N5OS/c1-4-14-30(15-5-1)31-26-28-34(29-27-31)47-52-46(33-18-8-3-9-19-33)53-48(54-47)37-22-13-25-40-41(37)36-21-12-23-38(45(36)56-40)49-50-42(32-16-6-2-7-17-32)44-43(51-49)35-20-10-11-24-39(35)55-44/h1-29H. The van der Waals surface area contributed by atoms with E-state index in [0.717, 1.165) is 81.3 Å². The third-order valence-corrected chi connectivity index (χ3v) is 11.4. The zero-order valence-corrected chi connectivity index (χ0v) is 30.6. The van der Waals surface area contributed by atoms with Crippen molar-refractivity contribution in [3.8, 4) is 67.9 Å². The van der Waals surface area contributed by atoms with E-state index >= 15 is 0 Å². The first-order valence-electron chi connectivity index (χ1n) is 18.4. The van der Waals surface area contributed by atoms with E-state index in [4.69, 9.17) is 29.3 Å². The highest BCUT2D eigenvalue weighted by Crippen LogP contribution is 2.44. The van der Waals surface area contributed by atoms with Crippen LogP contribution in [0.25, 0.3) is 110 Å². The van der Waals surface area contributed by atoms with Gasteiger partial charge in [-0.1, -0.05) is 152 Å². The molecule has 0 fully saturated rings. The van der Waals surface area contributed by atoms with Crippen LogP contribution in [0, 0.1) is 0 Å². The number of benzene rings is 7. The van der Waals surface area contributed by atoms with E-state index in [9.17, 15) is 0 Å². The van der Waals surface area contributed by atoms with Crippen LogP contribution in [0.5, 0.6) is 0 Å². The molecule has 11 aromatic rings. The minimum Gasteiger partial charge on any atom is -0.452 e. The molecule has 0 saturated heterocycles. The van der Waals surface area contributed by atoms with Crippen molar-refractivity contribution in [1.82, 2.24) is 24.9 Å². The summed E-state index contributed by atoms with van der Waals surface area (Å²) in [5.41, 5.74) is 10.0. The molecular formula is C49H29N5OS. The smallest absolute Gasteiger partial charge is 0.180 e. The second-order valence-corrected chi connectivity index (χ2v) is 14.7. The van der Waals surface area contributed by atoms with Crippen LogP contribution in [0.15, 0.2) is 180 Å². The van der Waals surface area contributed by atoms with E-state index in [-0.39, 0.29) is 0 Å². The maximum atomic E-state index is 6.40. The number of furan rings is 1. The van der Waals surface area contributed by atoms with Gasteiger partial charge in [-0.2, -0.15) is 0 Å². The van der Waals surface area contributed by atoms with Crippen molar-refractivity contribution in [3.05, 3.63) is 176 Å². The highest BCUT2D eigenvalue weighted by atomic mass is 32.1. The summed E-state index contributed by atoms with van der Waals surface area (Å²) in [6.45, 7) is 0. The van der Waals surface area contributed by atoms with Gasteiger partial charge in [0.05, 0.1) is 0 Å². The molecule has 56 heavy (non-hydrogen) atoms. The van der Waals surface area contributed by atoms with Crippen molar-refractivity contribution in [2.75, 3.05) is 0 Å². The summed E-state index contributed by atoms with van der Waals surface area (Å²) in [6.07, 6.45) is 0. The van der Waals surface area contributed by atoms with Crippen LogP contribution in [-0.4, -0.2) is 24.9 Å². The van der Waals surface area contributed by atoms with Crippen molar-refractivity contribution in [3.63, 3.8) is 0 Å². The molecular weight excluding hydrogens is 707 g/mol. The third kappa shape index (κ3) is 5.44. The van der Waals surface area contributed by atoms with Crippen molar-refractivity contribution in [1.29, 1.82) is 0 Å². The maximum absolute atomic E-state index is 6.40. The van der Waals surface area contributed by atoms with E-state index in [2.05, 4.69) is 103 Å². The Balaban J connectivity index is 1.10. The minimum absolute atomic E-state index is 0.616. The van der Waals surface area contributed by atoms with Gasteiger partial charge in [0, 0.05) is 53.4 Å². The van der Waals surface area contributed by atoms with E-state index in [1.807, 2.05) is 72.8 Å². The summed E-state index contributed by atoms with van der Waals surface area (Å²) in [5.74, 6) is 2.51. The lowest BCUT2D eigenvalue weighted by Gasteiger charge is -2.10. The average Bonchev–Trinajstić information content (AvgIpc) is 3.86. The summed E-state index contributed by atoms with van der Waals surface area (Å²) >= 11 is 1.73. The first-order chi connectivity index (χ1) is 27.7. The molecule has 4 aromatic heterocycles. The Morgan fingerprint density at radius 2 is 0.911 bits per heavy atom. The quantitative estimate of drug-likeness (QED) is 0.169. The van der Waals surface area contributed by atoms with Gasteiger partial charge < -0.3 is 4.42 Å². The summed E-state index contributed by atoms with van der Waals surface area (Å²) in [4.78, 5) is 25.7. The highest BCUT2D eigenvalue weighted by Gasteiger charge is 2.22. The number of thiophene rings is 1. The summed E-state index contributed by atoms with van der Waals surface area (Å²) in [7, 11) is 0. The summed E-state index contributed by atoms with van der Waals surface area (Å²) < 4.78 is 8.61. The van der Waals surface area contributed by atoms with Crippen LogP contribution < -0.4 is 0 Å². The molecule has 0 saturated carbocycles. The van der Waals surface area contributed by atoms with Gasteiger partial charge in [0.15, 0.2) is 28.9 Å². The van der Waals surface area contributed by atoms with Crippen LogP contribution >= 0.6 is 11.3 Å². The fraction of sp³-hybridized carbons (Fsp3) is 0. The topological polar surface area (TPSA) is 77.6 Å². The first kappa shape index (κ1) is 32.1. The van der Waals surface area contributed by atoms with E-state index < -0.39 is 0 Å². The fourth-order valence-corrected chi connectivity index (χ4v) is 8.74. The molecule has 7 aromatic carbocycles. The van der Waals surface area contributed by atoms with Gasteiger partial charge in [-0.15, -0.1) is 11.3 Å². The SMILES string of the molecule is c1ccc(-c2ccc(-c3nc(-c4ccccc4)nc(-c4cccc5sc6c(-c7nc(-c8ccccc8)c8oc9ccccc9c8n7)cccc6c45)n3)cc2)cc1. The Morgan fingerprint density at radius 1 is 0.375 bits per heavy atom. The number of rotatable bonds is 6. The zero-order chi connectivity index (χ0) is 37.0. The second-order valence-electron chi connectivity index (χ2n) is 13.6. The van der Waals surface area contributed by atoms with Gasteiger partial charge in [-0.05, 0) is 35.4 Å². The number of hydrogen-bond donors (Lipinski definition) is 0. The molecule has 262 valence electrons. The molecule has 0 unspecified atom stereocenters. The Morgan fingerprint density at radius 3 is 1.66 bits per heavy atom. The monoisotopic (exact) mass is 735 g/mol. The van der Waals surface area contributed by atoms with E-state index in [0.29, 0.717) is 28.9 Å². The van der Waals surface area contributed by atoms with Crippen LogP contribution in [0.4, 0.5) is 0 Å².